The van der Waals surface area contributed by atoms with Crippen molar-refractivity contribution in [1.29, 1.82) is 0 Å². The molecule has 2 atom stereocenters. The Labute approximate surface area is 105 Å². The van der Waals surface area contributed by atoms with Crippen LogP contribution in [0.4, 0.5) is 15.8 Å². The molecule has 5 heteroatoms. The van der Waals surface area contributed by atoms with E-state index in [0.717, 1.165) is 6.42 Å². The molecule has 2 N–H and O–H groups in total. The smallest absolute Gasteiger partial charge is 0.257 e. The predicted molar refractivity (Wildman–Crippen MR) is 68.1 cm³/mol. The van der Waals surface area contributed by atoms with E-state index in [-0.39, 0.29) is 6.04 Å². The molecule has 1 amide bonds. The Morgan fingerprint density at radius 3 is 2.83 bits per heavy atom. The van der Waals surface area contributed by atoms with Crippen LogP contribution in [0.1, 0.15) is 31.9 Å². The molecule has 0 spiro atoms. The Morgan fingerprint density at radius 1 is 1.56 bits per heavy atom. The Morgan fingerprint density at radius 2 is 2.22 bits per heavy atom. The highest BCUT2D eigenvalue weighted by atomic mass is 19.1. The van der Waals surface area contributed by atoms with Crippen molar-refractivity contribution in [1.82, 2.24) is 0 Å². The Hall–Kier alpha value is -1.62. The van der Waals surface area contributed by atoms with Gasteiger partial charge in [-0.15, -0.1) is 0 Å². The van der Waals surface area contributed by atoms with Crippen LogP contribution >= 0.6 is 0 Å². The van der Waals surface area contributed by atoms with E-state index in [4.69, 9.17) is 0 Å². The lowest BCUT2D eigenvalue weighted by molar-refractivity contribution is -0.123. The summed E-state index contributed by atoms with van der Waals surface area (Å²) in [4.78, 5) is 13.1. The molecule has 18 heavy (non-hydrogen) atoms. The number of aliphatic hydroxyl groups excluding tert-OH is 1. The molecule has 1 aromatic rings. The summed E-state index contributed by atoms with van der Waals surface area (Å²) >= 11 is 0. The lowest BCUT2D eigenvalue weighted by Crippen LogP contribution is -2.28. The highest BCUT2D eigenvalue weighted by molar-refractivity contribution is 6.02. The molecule has 1 aliphatic rings. The molecule has 0 saturated carbocycles. The molecule has 0 aliphatic carbocycles. The number of anilines is 2. The van der Waals surface area contributed by atoms with Crippen LogP contribution in [-0.4, -0.2) is 24.1 Å². The molecule has 98 valence electrons. The van der Waals surface area contributed by atoms with Crippen molar-refractivity contribution < 1.29 is 14.3 Å². The average molecular weight is 252 g/mol. The van der Waals surface area contributed by atoms with E-state index < -0.39 is 17.8 Å². The zero-order chi connectivity index (χ0) is 13.4. The molecule has 0 fully saturated rings. The summed E-state index contributed by atoms with van der Waals surface area (Å²) in [5, 5.41) is 12.1. The first-order valence-corrected chi connectivity index (χ1v) is 6.01. The van der Waals surface area contributed by atoms with Gasteiger partial charge in [0.1, 0.15) is 5.82 Å². The first-order valence-electron chi connectivity index (χ1n) is 6.01. The number of carbonyl (C=O) groups is 1. The zero-order valence-corrected chi connectivity index (χ0v) is 10.7. The van der Waals surface area contributed by atoms with E-state index >= 15 is 0 Å². The molecule has 1 heterocycles. The number of hydrogen-bond donors (Lipinski definition) is 2. The first-order chi connectivity index (χ1) is 8.45. The van der Waals surface area contributed by atoms with Gasteiger partial charge >= 0.3 is 0 Å². The molecule has 0 aromatic heterocycles. The predicted octanol–water partition coefficient (Wildman–Crippen LogP) is 2.05. The summed E-state index contributed by atoms with van der Waals surface area (Å²) in [5.41, 5.74) is 1.22. The van der Waals surface area contributed by atoms with Gasteiger partial charge in [0.25, 0.3) is 5.91 Å². The second kappa shape index (κ2) is 4.57. The van der Waals surface area contributed by atoms with Gasteiger partial charge in [0.2, 0.25) is 0 Å². The maximum absolute atomic E-state index is 14.0. The average Bonchev–Trinajstić information content (AvgIpc) is 2.63. The molecule has 2 rings (SSSR count). The number of nitrogens with one attached hydrogen (secondary N) is 1. The lowest BCUT2D eigenvalue weighted by atomic mass is 10.1. The van der Waals surface area contributed by atoms with Gasteiger partial charge in [-0.25, -0.2) is 4.39 Å². The Bertz CT molecular complexity index is 490. The number of hydrogen-bond acceptors (Lipinski definition) is 3. The van der Waals surface area contributed by atoms with Crippen LogP contribution in [0.5, 0.6) is 0 Å². The van der Waals surface area contributed by atoms with E-state index in [1.165, 1.54) is 6.07 Å². The molecular formula is C13H17FN2O2. The topological polar surface area (TPSA) is 52.6 Å². The van der Waals surface area contributed by atoms with Gasteiger partial charge < -0.3 is 15.3 Å². The van der Waals surface area contributed by atoms with Gasteiger partial charge in [-0.2, -0.15) is 0 Å². The number of halogens is 1. The molecule has 0 radical (unpaired) electrons. The Kier molecular flexibility index (Phi) is 3.26. The van der Waals surface area contributed by atoms with Crippen LogP contribution in [0.2, 0.25) is 0 Å². The van der Waals surface area contributed by atoms with E-state index in [0.29, 0.717) is 16.9 Å². The lowest BCUT2D eigenvalue weighted by Gasteiger charge is -2.27. The summed E-state index contributed by atoms with van der Waals surface area (Å²) in [6.07, 6.45) is -0.375. The molecular weight excluding hydrogens is 235 g/mol. The third kappa shape index (κ3) is 1.95. The highest BCUT2D eigenvalue weighted by Crippen LogP contribution is 2.36. The van der Waals surface area contributed by atoms with Crippen molar-refractivity contribution in [2.75, 3.05) is 17.3 Å². The van der Waals surface area contributed by atoms with Crippen LogP contribution in [0.25, 0.3) is 0 Å². The van der Waals surface area contributed by atoms with Crippen LogP contribution in [0.3, 0.4) is 0 Å². The van der Waals surface area contributed by atoms with Crippen molar-refractivity contribution in [3.8, 4) is 0 Å². The van der Waals surface area contributed by atoms with Crippen molar-refractivity contribution in [2.45, 2.75) is 32.4 Å². The monoisotopic (exact) mass is 252 g/mol. The zero-order valence-electron chi connectivity index (χ0n) is 10.7. The van der Waals surface area contributed by atoms with Gasteiger partial charge in [0, 0.05) is 24.3 Å². The number of aliphatic hydroxyl groups is 1. The van der Waals surface area contributed by atoms with Crippen molar-refractivity contribution in [2.24, 2.45) is 0 Å². The number of amides is 1. The third-order valence-corrected chi connectivity index (χ3v) is 3.55. The third-order valence-electron chi connectivity index (χ3n) is 3.55. The fraction of sp³-hybridized carbons (Fsp3) is 0.462. The van der Waals surface area contributed by atoms with E-state index in [2.05, 4.69) is 5.32 Å². The molecule has 1 aromatic carbocycles. The van der Waals surface area contributed by atoms with Crippen LogP contribution < -0.4 is 10.2 Å². The molecule has 1 aliphatic heterocycles. The fourth-order valence-corrected chi connectivity index (χ4v) is 2.04. The van der Waals surface area contributed by atoms with Crippen LogP contribution in [0, 0.1) is 5.82 Å². The second-order valence-corrected chi connectivity index (χ2v) is 4.65. The van der Waals surface area contributed by atoms with E-state index in [1.54, 1.807) is 6.07 Å². The normalized spacial score (nSPS) is 19.4. The van der Waals surface area contributed by atoms with Gasteiger partial charge in [-0.1, -0.05) is 6.92 Å². The summed E-state index contributed by atoms with van der Waals surface area (Å²) in [6, 6.07) is 3.00. The van der Waals surface area contributed by atoms with Crippen LogP contribution in [0.15, 0.2) is 12.1 Å². The van der Waals surface area contributed by atoms with Crippen molar-refractivity contribution >= 4 is 17.3 Å². The number of nitrogens with zero attached hydrogens (tertiary/aromatic N) is 1. The second-order valence-electron chi connectivity index (χ2n) is 4.65. The maximum Gasteiger partial charge on any atom is 0.257 e. The molecule has 2 unspecified atom stereocenters. The SMILES string of the molecule is CCC(C)N(C)c1cc2c(cc1F)C(O)C(=O)N2. The summed E-state index contributed by atoms with van der Waals surface area (Å²) in [5.74, 6) is -0.931. The van der Waals surface area contributed by atoms with E-state index in [1.807, 2.05) is 25.8 Å². The van der Waals surface area contributed by atoms with Crippen molar-refractivity contribution in [3.05, 3.63) is 23.5 Å². The summed E-state index contributed by atoms with van der Waals surface area (Å²) < 4.78 is 14.0. The summed E-state index contributed by atoms with van der Waals surface area (Å²) in [6.45, 7) is 4.03. The number of benzene rings is 1. The fourth-order valence-electron chi connectivity index (χ4n) is 2.04. The minimum absolute atomic E-state index is 0.194. The molecule has 4 nitrogen and oxygen atoms in total. The van der Waals surface area contributed by atoms with E-state index in [9.17, 15) is 14.3 Å². The highest BCUT2D eigenvalue weighted by Gasteiger charge is 2.30. The maximum atomic E-state index is 14.0. The first kappa shape index (κ1) is 12.8. The van der Waals surface area contributed by atoms with Crippen molar-refractivity contribution in [3.63, 3.8) is 0 Å². The van der Waals surface area contributed by atoms with Gasteiger partial charge in [-0.3, -0.25) is 4.79 Å². The number of rotatable bonds is 3. The standard InChI is InChI=1S/C13H17FN2O2/c1-4-7(2)16(3)11-6-10-8(5-9(11)14)12(17)13(18)15-10/h5-7,12,17H,4H2,1-3H3,(H,15,18). The van der Waals surface area contributed by atoms with Crippen LogP contribution in [-0.2, 0) is 4.79 Å². The Balaban J connectivity index is 2.41. The minimum Gasteiger partial charge on any atom is -0.378 e. The molecule has 0 bridgehead atoms. The number of carbonyl (C=O) groups excluding carboxylic acids is 1. The van der Waals surface area contributed by atoms with Gasteiger partial charge in [0.15, 0.2) is 6.10 Å². The quantitative estimate of drug-likeness (QED) is 0.865. The summed E-state index contributed by atoms with van der Waals surface area (Å²) in [7, 11) is 1.81. The van der Waals surface area contributed by atoms with Gasteiger partial charge in [0.05, 0.1) is 5.69 Å². The number of fused-ring (bicyclic) bond motifs is 1. The van der Waals surface area contributed by atoms with Gasteiger partial charge in [-0.05, 0) is 25.5 Å². The minimum atomic E-state index is -1.27. The molecule has 0 saturated heterocycles. The largest absolute Gasteiger partial charge is 0.378 e.